The summed E-state index contributed by atoms with van der Waals surface area (Å²) in [6.07, 6.45) is 2.26. The van der Waals surface area contributed by atoms with Crippen molar-refractivity contribution in [1.29, 1.82) is 5.26 Å². The standard InChI is InChI=1S/C11H9N3/c12-7-8-3-4-10-9(6-8)13-11-2-1-5-14(10)11/h3-4,6H,1-2,5H2. The molecular weight excluding hydrogens is 174 g/mol. The van der Waals surface area contributed by atoms with E-state index in [1.165, 1.54) is 6.42 Å². The maximum Gasteiger partial charge on any atom is 0.109 e. The van der Waals surface area contributed by atoms with Gasteiger partial charge in [0, 0.05) is 13.0 Å². The molecule has 0 saturated carbocycles. The van der Waals surface area contributed by atoms with Gasteiger partial charge in [-0.25, -0.2) is 4.98 Å². The van der Waals surface area contributed by atoms with E-state index < -0.39 is 0 Å². The van der Waals surface area contributed by atoms with Crippen molar-refractivity contribution in [2.24, 2.45) is 0 Å². The summed E-state index contributed by atoms with van der Waals surface area (Å²) < 4.78 is 2.25. The van der Waals surface area contributed by atoms with Gasteiger partial charge in [0.05, 0.1) is 22.7 Å². The van der Waals surface area contributed by atoms with Gasteiger partial charge in [-0.15, -0.1) is 0 Å². The monoisotopic (exact) mass is 183 g/mol. The summed E-state index contributed by atoms with van der Waals surface area (Å²) in [5, 5.41) is 8.76. The molecule has 0 aliphatic carbocycles. The van der Waals surface area contributed by atoms with E-state index >= 15 is 0 Å². The summed E-state index contributed by atoms with van der Waals surface area (Å²) in [5.41, 5.74) is 2.81. The number of aromatic nitrogens is 2. The Hall–Kier alpha value is -1.82. The number of imidazole rings is 1. The highest BCUT2D eigenvalue weighted by Crippen LogP contribution is 2.23. The first-order valence-electron chi connectivity index (χ1n) is 4.78. The minimum Gasteiger partial charge on any atom is -0.328 e. The van der Waals surface area contributed by atoms with Gasteiger partial charge in [0.1, 0.15) is 5.82 Å². The summed E-state index contributed by atoms with van der Waals surface area (Å²) in [5.74, 6) is 1.16. The molecule has 0 N–H and O–H groups in total. The van der Waals surface area contributed by atoms with Crippen molar-refractivity contribution in [3.8, 4) is 6.07 Å². The van der Waals surface area contributed by atoms with Gasteiger partial charge in [-0.3, -0.25) is 0 Å². The molecule has 1 aromatic heterocycles. The number of nitrogens with zero attached hydrogens (tertiary/aromatic N) is 3. The van der Waals surface area contributed by atoms with Gasteiger partial charge in [0.25, 0.3) is 0 Å². The molecule has 1 aliphatic heterocycles. The van der Waals surface area contributed by atoms with E-state index in [1.807, 2.05) is 18.2 Å². The zero-order valence-corrected chi connectivity index (χ0v) is 7.70. The zero-order valence-electron chi connectivity index (χ0n) is 7.70. The fraction of sp³-hybridized carbons (Fsp3) is 0.273. The number of aryl methyl sites for hydroxylation is 2. The Morgan fingerprint density at radius 2 is 2.36 bits per heavy atom. The molecule has 0 fully saturated rings. The second kappa shape index (κ2) is 2.58. The number of hydrogen-bond donors (Lipinski definition) is 0. The van der Waals surface area contributed by atoms with Gasteiger partial charge in [0.2, 0.25) is 0 Å². The smallest absolute Gasteiger partial charge is 0.109 e. The highest BCUT2D eigenvalue weighted by Gasteiger charge is 2.15. The number of benzene rings is 1. The Morgan fingerprint density at radius 1 is 1.43 bits per heavy atom. The van der Waals surface area contributed by atoms with E-state index in [0.717, 1.165) is 29.8 Å². The van der Waals surface area contributed by atoms with Crippen LogP contribution >= 0.6 is 0 Å². The first kappa shape index (κ1) is 7.57. The molecule has 2 aromatic rings. The summed E-state index contributed by atoms with van der Waals surface area (Å²) in [7, 11) is 0. The van der Waals surface area contributed by atoms with Crippen LogP contribution in [0.15, 0.2) is 18.2 Å². The molecule has 0 atom stereocenters. The van der Waals surface area contributed by atoms with Crippen molar-refractivity contribution < 1.29 is 0 Å². The van der Waals surface area contributed by atoms with Gasteiger partial charge >= 0.3 is 0 Å². The first-order valence-corrected chi connectivity index (χ1v) is 4.78. The minimum atomic E-state index is 0.689. The van der Waals surface area contributed by atoms with E-state index in [4.69, 9.17) is 5.26 Å². The lowest BCUT2D eigenvalue weighted by Gasteiger charge is -1.97. The summed E-state index contributed by atoms with van der Waals surface area (Å²) in [6.45, 7) is 1.07. The molecule has 3 rings (SSSR count). The fourth-order valence-corrected chi connectivity index (χ4v) is 2.08. The molecule has 1 aliphatic rings. The molecular formula is C11H9N3. The van der Waals surface area contributed by atoms with Crippen molar-refractivity contribution in [1.82, 2.24) is 9.55 Å². The topological polar surface area (TPSA) is 41.6 Å². The molecule has 14 heavy (non-hydrogen) atoms. The molecule has 0 bridgehead atoms. The highest BCUT2D eigenvalue weighted by atomic mass is 15.1. The number of hydrogen-bond acceptors (Lipinski definition) is 2. The molecule has 1 aromatic carbocycles. The van der Waals surface area contributed by atoms with Gasteiger partial charge in [-0.05, 0) is 24.6 Å². The Morgan fingerprint density at radius 3 is 3.21 bits per heavy atom. The zero-order chi connectivity index (χ0) is 9.54. The average molecular weight is 183 g/mol. The number of rotatable bonds is 0. The fourth-order valence-electron chi connectivity index (χ4n) is 2.08. The summed E-state index contributed by atoms with van der Waals surface area (Å²) in [4.78, 5) is 4.51. The van der Waals surface area contributed by atoms with Crippen LogP contribution in [0.3, 0.4) is 0 Å². The maximum absolute atomic E-state index is 8.76. The van der Waals surface area contributed by atoms with Crippen LogP contribution in [0.2, 0.25) is 0 Å². The lowest BCUT2D eigenvalue weighted by atomic mass is 10.2. The van der Waals surface area contributed by atoms with E-state index in [2.05, 4.69) is 15.6 Å². The van der Waals surface area contributed by atoms with Gasteiger partial charge in [0.15, 0.2) is 0 Å². The van der Waals surface area contributed by atoms with Crippen LogP contribution in [-0.4, -0.2) is 9.55 Å². The van der Waals surface area contributed by atoms with Crippen LogP contribution in [-0.2, 0) is 13.0 Å². The molecule has 0 radical (unpaired) electrons. The van der Waals surface area contributed by atoms with Gasteiger partial charge < -0.3 is 4.57 Å². The predicted molar refractivity (Wildman–Crippen MR) is 52.8 cm³/mol. The second-order valence-corrected chi connectivity index (χ2v) is 3.60. The maximum atomic E-state index is 8.76. The lowest BCUT2D eigenvalue weighted by molar-refractivity contribution is 0.771. The highest BCUT2D eigenvalue weighted by molar-refractivity contribution is 5.78. The van der Waals surface area contributed by atoms with Crippen LogP contribution in [0.4, 0.5) is 0 Å². The molecule has 68 valence electrons. The molecule has 3 nitrogen and oxygen atoms in total. The van der Waals surface area contributed by atoms with Crippen LogP contribution < -0.4 is 0 Å². The quantitative estimate of drug-likeness (QED) is 0.625. The molecule has 0 unspecified atom stereocenters. The molecule has 2 heterocycles. The first-order chi connectivity index (χ1) is 6.88. The van der Waals surface area contributed by atoms with Crippen LogP contribution in [0.5, 0.6) is 0 Å². The third-order valence-corrected chi connectivity index (χ3v) is 2.74. The van der Waals surface area contributed by atoms with Gasteiger partial charge in [-0.1, -0.05) is 0 Å². The normalized spacial score (nSPS) is 14.2. The number of nitriles is 1. The number of fused-ring (bicyclic) bond motifs is 3. The van der Waals surface area contributed by atoms with E-state index in [-0.39, 0.29) is 0 Å². The Bertz CT molecular complexity index is 545. The Kier molecular flexibility index (Phi) is 1.40. The van der Waals surface area contributed by atoms with Crippen molar-refractivity contribution >= 4 is 11.0 Å². The average Bonchev–Trinajstić information content (AvgIpc) is 2.75. The minimum absolute atomic E-state index is 0.689. The molecule has 0 amide bonds. The lowest BCUT2D eigenvalue weighted by Crippen LogP contribution is -1.90. The van der Waals surface area contributed by atoms with Crippen LogP contribution in [0.25, 0.3) is 11.0 Å². The van der Waals surface area contributed by atoms with Crippen molar-refractivity contribution in [2.75, 3.05) is 0 Å². The van der Waals surface area contributed by atoms with Crippen molar-refractivity contribution in [3.05, 3.63) is 29.6 Å². The summed E-state index contributed by atoms with van der Waals surface area (Å²) >= 11 is 0. The Balaban J connectivity index is 2.33. The predicted octanol–water partition coefficient (Wildman–Crippen LogP) is 1.85. The van der Waals surface area contributed by atoms with E-state index in [0.29, 0.717) is 5.56 Å². The largest absolute Gasteiger partial charge is 0.328 e. The van der Waals surface area contributed by atoms with E-state index in [1.54, 1.807) is 0 Å². The van der Waals surface area contributed by atoms with Crippen LogP contribution in [0.1, 0.15) is 17.8 Å². The van der Waals surface area contributed by atoms with E-state index in [9.17, 15) is 0 Å². The molecule has 0 spiro atoms. The Labute approximate surface area is 81.6 Å². The van der Waals surface area contributed by atoms with Crippen LogP contribution in [0, 0.1) is 11.3 Å². The molecule has 0 saturated heterocycles. The summed E-state index contributed by atoms with van der Waals surface area (Å²) in [6, 6.07) is 7.85. The third-order valence-electron chi connectivity index (χ3n) is 2.74. The van der Waals surface area contributed by atoms with Crippen molar-refractivity contribution in [3.63, 3.8) is 0 Å². The SMILES string of the molecule is N#Cc1ccc2c(c1)nc1n2CCC1. The third kappa shape index (κ3) is 0.882. The van der Waals surface area contributed by atoms with Crippen molar-refractivity contribution in [2.45, 2.75) is 19.4 Å². The molecule has 3 heteroatoms. The van der Waals surface area contributed by atoms with Gasteiger partial charge in [-0.2, -0.15) is 5.26 Å². The second-order valence-electron chi connectivity index (χ2n) is 3.60.